The van der Waals surface area contributed by atoms with Crippen LogP contribution >= 0.6 is 11.3 Å². The number of rotatable bonds is 3. The Balaban J connectivity index is 1.43. The molecule has 3 amide bonds. The molecule has 0 saturated carbocycles. The number of para-hydroxylation sites is 1. The van der Waals surface area contributed by atoms with Gasteiger partial charge in [0.1, 0.15) is 10.8 Å². The van der Waals surface area contributed by atoms with Crippen LogP contribution in [0.3, 0.4) is 0 Å². The number of benzene rings is 1. The van der Waals surface area contributed by atoms with E-state index in [-0.39, 0.29) is 12.5 Å². The summed E-state index contributed by atoms with van der Waals surface area (Å²) in [5.41, 5.74) is 1.07. The number of carbonyl (C=O) groups excluding carboxylic acids is 2. The zero-order valence-corrected chi connectivity index (χ0v) is 15.6. The lowest BCUT2D eigenvalue weighted by Crippen LogP contribution is -2.47. The summed E-state index contributed by atoms with van der Waals surface area (Å²) < 4.78 is 5.66. The second-order valence-electron chi connectivity index (χ2n) is 6.68. The molecular weight excluding hydrogens is 376 g/mol. The van der Waals surface area contributed by atoms with Gasteiger partial charge in [-0.1, -0.05) is 24.3 Å². The van der Waals surface area contributed by atoms with Gasteiger partial charge in [0.2, 0.25) is 0 Å². The maximum Gasteiger partial charge on any atom is 0.325 e. The second-order valence-corrected chi connectivity index (χ2v) is 7.54. The van der Waals surface area contributed by atoms with E-state index in [2.05, 4.69) is 15.3 Å². The van der Waals surface area contributed by atoms with E-state index in [9.17, 15) is 9.59 Å². The van der Waals surface area contributed by atoms with E-state index in [4.69, 9.17) is 4.74 Å². The van der Waals surface area contributed by atoms with Crippen molar-refractivity contribution in [1.29, 1.82) is 0 Å². The van der Waals surface area contributed by atoms with Crippen LogP contribution in [0.25, 0.3) is 10.7 Å². The Morgan fingerprint density at radius 3 is 2.89 bits per heavy atom. The van der Waals surface area contributed by atoms with E-state index in [1.54, 1.807) is 6.20 Å². The molecule has 0 radical (unpaired) electrons. The third-order valence-corrected chi connectivity index (χ3v) is 5.93. The van der Waals surface area contributed by atoms with Gasteiger partial charge in [0.25, 0.3) is 5.91 Å². The molecule has 1 spiro atoms. The highest BCUT2D eigenvalue weighted by atomic mass is 32.1. The highest BCUT2D eigenvalue weighted by molar-refractivity contribution is 7.13. The van der Waals surface area contributed by atoms with Crippen molar-refractivity contribution in [2.45, 2.75) is 18.5 Å². The molecular formula is C20H16N4O3S. The highest BCUT2D eigenvalue weighted by Crippen LogP contribution is 2.41. The zero-order chi connectivity index (χ0) is 19.1. The molecule has 0 bridgehead atoms. The van der Waals surface area contributed by atoms with Crippen molar-refractivity contribution in [3.8, 4) is 16.5 Å². The van der Waals surface area contributed by atoms with Crippen molar-refractivity contribution < 1.29 is 14.3 Å². The SMILES string of the molecule is O=C1NC2(CCOc3ccccc32)C(=O)N1Cc1csc(-c2ccccn2)n1. The Bertz CT molecular complexity index is 1070. The summed E-state index contributed by atoms with van der Waals surface area (Å²) in [6.45, 7) is 0.496. The number of aromatic nitrogens is 2. The molecule has 2 aliphatic rings. The minimum Gasteiger partial charge on any atom is -0.493 e. The fourth-order valence-corrected chi connectivity index (χ4v) is 4.45. The van der Waals surface area contributed by atoms with E-state index in [1.165, 1.54) is 16.2 Å². The maximum absolute atomic E-state index is 13.3. The molecule has 2 aliphatic heterocycles. The largest absolute Gasteiger partial charge is 0.493 e. The fourth-order valence-electron chi connectivity index (χ4n) is 3.66. The van der Waals surface area contributed by atoms with Gasteiger partial charge < -0.3 is 10.1 Å². The number of thiazole rings is 1. The Hall–Kier alpha value is -3.26. The zero-order valence-electron chi connectivity index (χ0n) is 14.8. The molecule has 1 N–H and O–H groups in total. The van der Waals surface area contributed by atoms with Crippen molar-refractivity contribution in [3.63, 3.8) is 0 Å². The predicted octanol–water partition coefficient (Wildman–Crippen LogP) is 2.93. The molecule has 5 rings (SSSR count). The Morgan fingerprint density at radius 2 is 2.04 bits per heavy atom. The molecule has 1 atom stereocenters. The number of hydrogen-bond donors (Lipinski definition) is 1. The predicted molar refractivity (Wildman–Crippen MR) is 103 cm³/mol. The van der Waals surface area contributed by atoms with Gasteiger partial charge in [0, 0.05) is 23.6 Å². The summed E-state index contributed by atoms with van der Waals surface area (Å²) in [4.78, 5) is 36.0. The van der Waals surface area contributed by atoms with Gasteiger partial charge in [-0.05, 0) is 18.2 Å². The van der Waals surface area contributed by atoms with Gasteiger partial charge >= 0.3 is 6.03 Å². The summed E-state index contributed by atoms with van der Waals surface area (Å²) in [5, 5.41) is 5.52. The topological polar surface area (TPSA) is 84.4 Å². The van der Waals surface area contributed by atoms with Crippen molar-refractivity contribution in [1.82, 2.24) is 20.2 Å². The van der Waals surface area contributed by atoms with E-state index in [0.29, 0.717) is 30.0 Å². The minimum atomic E-state index is -1.06. The average molecular weight is 392 g/mol. The van der Waals surface area contributed by atoms with Crippen LogP contribution in [0.2, 0.25) is 0 Å². The lowest BCUT2D eigenvalue weighted by Gasteiger charge is -2.33. The van der Waals surface area contributed by atoms with Gasteiger partial charge in [-0.3, -0.25) is 14.7 Å². The summed E-state index contributed by atoms with van der Waals surface area (Å²) in [6.07, 6.45) is 2.11. The quantitative estimate of drug-likeness (QED) is 0.693. The first-order chi connectivity index (χ1) is 13.7. The van der Waals surface area contributed by atoms with Crippen LogP contribution in [0.15, 0.2) is 54.0 Å². The Labute approximate surface area is 165 Å². The number of urea groups is 1. The van der Waals surface area contributed by atoms with Crippen LogP contribution in [0.5, 0.6) is 5.75 Å². The normalized spacial score (nSPS) is 20.8. The summed E-state index contributed by atoms with van der Waals surface area (Å²) >= 11 is 1.44. The molecule has 1 aromatic carbocycles. The van der Waals surface area contributed by atoms with E-state index in [1.807, 2.05) is 47.8 Å². The lowest BCUT2D eigenvalue weighted by molar-refractivity contribution is -0.133. The molecule has 8 heteroatoms. The molecule has 28 heavy (non-hydrogen) atoms. The molecule has 2 aromatic heterocycles. The minimum absolute atomic E-state index is 0.124. The van der Waals surface area contributed by atoms with Gasteiger partial charge in [0.15, 0.2) is 5.54 Å². The molecule has 3 aromatic rings. The number of fused-ring (bicyclic) bond motifs is 2. The van der Waals surface area contributed by atoms with E-state index in [0.717, 1.165) is 10.7 Å². The van der Waals surface area contributed by atoms with Crippen molar-refractivity contribution in [3.05, 3.63) is 65.3 Å². The number of ether oxygens (including phenoxy) is 1. The van der Waals surface area contributed by atoms with Crippen molar-refractivity contribution in [2.75, 3.05) is 6.61 Å². The third kappa shape index (κ3) is 2.56. The Morgan fingerprint density at radius 1 is 1.18 bits per heavy atom. The van der Waals surface area contributed by atoms with Crippen LogP contribution in [0.4, 0.5) is 4.79 Å². The average Bonchev–Trinajstić information content (AvgIpc) is 3.29. The molecule has 1 fully saturated rings. The standard InChI is InChI=1S/C20H16N4O3S/c25-18-20(8-10-27-16-7-2-1-5-14(16)20)23-19(26)24(18)11-13-12-28-17(22-13)15-6-3-4-9-21-15/h1-7,9,12H,8,10-11H2,(H,23,26). The maximum atomic E-state index is 13.3. The molecule has 1 saturated heterocycles. The molecule has 140 valence electrons. The van der Waals surface area contributed by atoms with Crippen LogP contribution in [-0.4, -0.2) is 33.4 Å². The van der Waals surface area contributed by atoms with Crippen LogP contribution in [-0.2, 0) is 16.9 Å². The van der Waals surface area contributed by atoms with Gasteiger partial charge in [0.05, 0.1) is 24.5 Å². The number of amides is 3. The van der Waals surface area contributed by atoms with Crippen LogP contribution in [0.1, 0.15) is 17.7 Å². The molecule has 4 heterocycles. The monoisotopic (exact) mass is 392 g/mol. The first kappa shape index (κ1) is 16.9. The molecule has 0 aliphatic carbocycles. The molecule has 1 unspecified atom stereocenters. The Kier molecular flexibility index (Phi) is 3.87. The van der Waals surface area contributed by atoms with Gasteiger partial charge in [-0.2, -0.15) is 0 Å². The number of pyridine rings is 1. The summed E-state index contributed by atoms with van der Waals surface area (Å²) in [6, 6.07) is 12.6. The van der Waals surface area contributed by atoms with Crippen LogP contribution in [0, 0.1) is 0 Å². The number of nitrogens with one attached hydrogen (secondary N) is 1. The van der Waals surface area contributed by atoms with Crippen LogP contribution < -0.4 is 10.1 Å². The molecule has 7 nitrogen and oxygen atoms in total. The number of hydrogen-bond acceptors (Lipinski definition) is 6. The van der Waals surface area contributed by atoms with Crippen molar-refractivity contribution >= 4 is 23.3 Å². The first-order valence-corrected chi connectivity index (χ1v) is 9.77. The lowest BCUT2D eigenvalue weighted by atomic mass is 9.84. The number of nitrogens with zero attached hydrogens (tertiary/aromatic N) is 3. The summed E-state index contributed by atoms with van der Waals surface area (Å²) in [5.74, 6) is 0.371. The first-order valence-electron chi connectivity index (χ1n) is 8.90. The fraction of sp³-hybridized carbons (Fsp3) is 0.200. The van der Waals surface area contributed by atoms with Crippen molar-refractivity contribution in [2.24, 2.45) is 0 Å². The van der Waals surface area contributed by atoms with Gasteiger partial charge in [-0.25, -0.2) is 9.78 Å². The van der Waals surface area contributed by atoms with E-state index >= 15 is 0 Å². The number of carbonyl (C=O) groups is 2. The second kappa shape index (κ2) is 6.42. The smallest absolute Gasteiger partial charge is 0.325 e. The third-order valence-electron chi connectivity index (χ3n) is 5.01. The number of imide groups is 1. The highest BCUT2D eigenvalue weighted by Gasteiger charge is 2.54. The van der Waals surface area contributed by atoms with E-state index < -0.39 is 11.6 Å². The summed E-state index contributed by atoms with van der Waals surface area (Å²) in [7, 11) is 0. The van der Waals surface area contributed by atoms with Gasteiger partial charge in [-0.15, -0.1) is 11.3 Å².